The van der Waals surface area contributed by atoms with Crippen molar-refractivity contribution in [2.24, 2.45) is 5.14 Å². The van der Waals surface area contributed by atoms with Gasteiger partial charge in [0.2, 0.25) is 10.0 Å². The molecule has 1 aliphatic rings. The lowest BCUT2D eigenvalue weighted by molar-refractivity contribution is 0.102. The second kappa shape index (κ2) is 6.36. The van der Waals surface area contributed by atoms with Crippen LogP contribution in [-0.4, -0.2) is 14.3 Å². The highest BCUT2D eigenvalue weighted by atomic mass is 32.2. The molecule has 8 heteroatoms. The van der Waals surface area contributed by atoms with E-state index in [4.69, 9.17) is 5.14 Å². The molecule has 2 aromatic rings. The maximum Gasteiger partial charge on any atom is 0.256 e. The number of sulfonamides is 1. The first kappa shape index (κ1) is 16.6. The summed E-state index contributed by atoms with van der Waals surface area (Å²) in [5.41, 5.74) is 1.73. The van der Waals surface area contributed by atoms with Crippen LogP contribution in [0.2, 0.25) is 0 Å². The summed E-state index contributed by atoms with van der Waals surface area (Å²) in [6.07, 6.45) is 3.90. The van der Waals surface area contributed by atoms with Crippen LogP contribution >= 0.6 is 11.3 Å². The van der Waals surface area contributed by atoms with E-state index in [1.807, 2.05) is 0 Å². The minimum Gasteiger partial charge on any atom is -0.312 e. The summed E-state index contributed by atoms with van der Waals surface area (Å²) in [4.78, 5) is 13.4. The lowest BCUT2D eigenvalue weighted by atomic mass is 9.96. The Bertz CT molecular complexity index is 955. The smallest absolute Gasteiger partial charge is 0.256 e. The summed E-state index contributed by atoms with van der Waals surface area (Å²) in [6.45, 7) is 0. The molecule has 0 saturated carbocycles. The summed E-state index contributed by atoms with van der Waals surface area (Å²) in [5, 5.41) is 17.8. The molecule has 0 spiro atoms. The van der Waals surface area contributed by atoms with Crippen LogP contribution in [0.1, 0.15) is 39.2 Å². The first-order chi connectivity index (χ1) is 11.4. The summed E-state index contributed by atoms with van der Waals surface area (Å²) >= 11 is 1.42. The number of hydrogen-bond acceptors (Lipinski definition) is 5. The minimum absolute atomic E-state index is 0.124. The van der Waals surface area contributed by atoms with Crippen LogP contribution < -0.4 is 10.5 Å². The van der Waals surface area contributed by atoms with E-state index in [0.717, 1.165) is 36.1 Å². The van der Waals surface area contributed by atoms with Gasteiger partial charge in [-0.25, -0.2) is 13.6 Å². The molecule has 3 rings (SSSR count). The average Bonchev–Trinajstić information content (AvgIpc) is 2.91. The number of thiophene rings is 1. The average molecular weight is 361 g/mol. The van der Waals surface area contributed by atoms with Crippen LogP contribution in [0.4, 0.5) is 5.00 Å². The number of hydrogen-bond donors (Lipinski definition) is 2. The number of benzene rings is 1. The van der Waals surface area contributed by atoms with Crippen LogP contribution in [-0.2, 0) is 22.9 Å². The van der Waals surface area contributed by atoms with Gasteiger partial charge in [0, 0.05) is 10.4 Å². The molecule has 124 valence electrons. The molecule has 1 aliphatic carbocycles. The zero-order valence-electron chi connectivity index (χ0n) is 12.7. The van der Waals surface area contributed by atoms with Crippen molar-refractivity contribution in [2.75, 3.05) is 5.32 Å². The van der Waals surface area contributed by atoms with Gasteiger partial charge < -0.3 is 5.32 Å². The molecule has 0 radical (unpaired) electrons. The predicted octanol–water partition coefficient (Wildman–Crippen LogP) is 2.40. The fourth-order valence-corrected chi connectivity index (χ4v) is 4.56. The van der Waals surface area contributed by atoms with E-state index in [2.05, 4.69) is 11.4 Å². The van der Waals surface area contributed by atoms with Gasteiger partial charge in [0.05, 0.1) is 10.5 Å². The van der Waals surface area contributed by atoms with Crippen LogP contribution in [0.15, 0.2) is 29.2 Å². The zero-order chi connectivity index (χ0) is 17.3. The molecule has 0 aliphatic heterocycles. The Labute approximate surface area is 144 Å². The zero-order valence-corrected chi connectivity index (χ0v) is 14.3. The predicted molar refractivity (Wildman–Crippen MR) is 91.4 cm³/mol. The summed E-state index contributed by atoms with van der Waals surface area (Å²) in [7, 11) is -3.88. The summed E-state index contributed by atoms with van der Waals surface area (Å²) < 4.78 is 22.8. The van der Waals surface area contributed by atoms with Crippen molar-refractivity contribution in [3.63, 3.8) is 0 Å². The van der Waals surface area contributed by atoms with Gasteiger partial charge in [-0.05, 0) is 49.4 Å². The van der Waals surface area contributed by atoms with Gasteiger partial charge in [-0.15, -0.1) is 11.3 Å². The maximum atomic E-state index is 12.4. The van der Waals surface area contributed by atoms with Crippen molar-refractivity contribution in [3.05, 3.63) is 45.8 Å². The first-order valence-electron chi connectivity index (χ1n) is 7.39. The van der Waals surface area contributed by atoms with E-state index in [-0.39, 0.29) is 10.5 Å². The molecule has 1 amide bonds. The SMILES string of the molecule is N#Cc1c(NC(=O)c2cccc(S(N)(=O)=O)c2)sc2c1CCCC2. The second-order valence-corrected chi connectivity index (χ2v) is 8.22. The number of aryl methyl sites for hydroxylation is 1. The van der Waals surface area contributed by atoms with Gasteiger partial charge in [0.1, 0.15) is 11.1 Å². The van der Waals surface area contributed by atoms with E-state index in [1.165, 1.54) is 35.6 Å². The molecule has 1 aromatic heterocycles. The van der Waals surface area contributed by atoms with Crippen molar-refractivity contribution in [1.82, 2.24) is 0 Å². The van der Waals surface area contributed by atoms with Crippen molar-refractivity contribution in [1.29, 1.82) is 5.26 Å². The number of rotatable bonds is 3. The van der Waals surface area contributed by atoms with Crippen molar-refractivity contribution < 1.29 is 13.2 Å². The topological polar surface area (TPSA) is 113 Å². The number of amides is 1. The Morgan fingerprint density at radius 2 is 2.04 bits per heavy atom. The molecular formula is C16H15N3O3S2. The van der Waals surface area contributed by atoms with Gasteiger partial charge in [-0.1, -0.05) is 6.07 Å². The number of anilines is 1. The van der Waals surface area contributed by atoms with E-state index < -0.39 is 15.9 Å². The number of fused-ring (bicyclic) bond motifs is 1. The van der Waals surface area contributed by atoms with Crippen LogP contribution in [0.3, 0.4) is 0 Å². The highest BCUT2D eigenvalue weighted by Gasteiger charge is 2.22. The molecule has 0 atom stereocenters. The van der Waals surface area contributed by atoms with E-state index in [9.17, 15) is 18.5 Å². The molecule has 24 heavy (non-hydrogen) atoms. The Kier molecular flexibility index (Phi) is 4.41. The second-order valence-electron chi connectivity index (χ2n) is 5.55. The number of primary sulfonamides is 1. The molecule has 3 N–H and O–H groups in total. The van der Waals surface area contributed by atoms with Gasteiger partial charge in [-0.3, -0.25) is 4.79 Å². The molecule has 1 aromatic carbocycles. The standard InChI is InChI=1S/C16H15N3O3S2/c17-9-13-12-6-1-2-7-14(12)23-16(13)19-15(20)10-4-3-5-11(8-10)24(18,21)22/h3-5,8H,1-2,6-7H2,(H,19,20)(H2,18,21,22). The van der Waals surface area contributed by atoms with E-state index in [0.29, 0.717) is 10.6 Å². The van der Waals surface area contributed by atoms with Crippen LogP contribution in [0, 0.1) is 11.3 Å². The molecule has 0 fully saturated rings. The monoisotopic (exact) mass is 361 g/mol. The Balaban J connectivity index is 1.91. The van der Waals surface area contributed by atoms with Crippen molar-refractivity contribution in [3.8, 4) is 6.07 Å². The number of carbonyl (C=O) groups is 1. The fourth-order valence-electron chi connectivity index (χ4n) is 2.76. The molecule has 0 bridgehead atoms. The van der Waals surface area contributed by atoms with Gasteiger partial charge in [0.15, 0.2) is 0 Å². The Hall–Kier alpha value is -2.21. The third kappa shape index (κ3) is 3.19. The quantitative estimate of drug-likeness (QED) is 0.874. The molecule has 0 saturated heterocycles. The minimum atomic E-state index is -3.88. The number of nitrogens with two attached hydrogens (primary N) is 1. The molecule has 1 heterocycles. The Morgan fingerprint density at radius 3 is 2.75 bits per heavy atom. The van der Waals surface area contributed by atoms with Crippen LogP contribution in [0.5, 0.6) is 0 Å². The lowest BCUT2D eigenvalue weighted by Gasteiger charge is -2.09. The Morgan fingerprint density at radius 1 is 1.29 bits per heavy atom. The molecular weight excluding hydrogens is 346 g/mol. The summed E-state index contributed by atoms with van der Waals surface area (Å²) in [5.74, 6) is -0.462. The summed E-state index contributed by atoms with van der Waals surface area (Å²) in [6, 6.07) is 7.69. The van der Waals surface area contributed by atoms with Gasteiger partial charge >= 0.3 is 0 Å². The third-order valence-electron chi connectivity index (χ3n) is 3.93. The number of carbonyl (C=O) groups excluding carboxylic acids is 1. The van der Waals surface area contributed by atoms with Crippen molar-refractivity contribution in [2.45, 2.75) is 30.6 Å². The molecule has 6 nitrogen and oxygen atoms in total. The molecule has 0 unspecified atom stereocenters. The normalized spacial score (nSPS) is 13.8. The maximum absolute atomic E-state index is 12.4. The van der Waals surface area contributed by atoms with Gasteiger partial charge in [0.25, 0.3) is 5.91 Å². The largest absolute Gasteiger partial charge is 0.312 e. The highest BCUT2D eigenvalue weighted by molar-refractivity contribution is 7.89. The van der Waals surface area contributed by atoms with Crippen molar-refractivity contribution >= 4 is 32.3 Å². The van der Waals surface area contributed by atoms with Gasteiger partial charge in [-0.2, -0.15) is 5.26 Å². The third-order valence-corrected chi connectivity index (χ3v) is 6.05. The first-order valence-corrected chi connectivity index (χ1v) is 9.75. The lowest BCUT2D eigenvalue weighted by Crippen LogP contribution is -2.15. The highest BCUT2D eigenvalue weighted by Crippen LogP contribution is 2.37. The fraction of sp³-hybridized carbons (Fsp3) is 0.250. The van der Waals surface area contributed by atoms with E-state index in [1.54, 1.807) is 0 Å². The number of nitrogens with one attached hydrogen (secondary N) is 1. The van der Waals surface area contributed by atoms with E-state index >= 15 is 0 Å². The van der Waals surface area contributed by atoms with Crippen LogP contribution in [0.25, 0.3) is 0 Å². The number of nitriles is 1. The number of nitrogens with zero attached hydrogens (tertiary/aromatic N) is 1.